The zero-order chi connectivity index (χ0) is 19.6. The molecule has 1 aromatic carbocycles. The second-order valence-electron chi connectivity index (χ2n) is 7.14. The third-order valence-corrected chi connectivity index (χ3v) is 5.08. The van der Waals surface area contributed by atoms with Crippen LogP contribution < -0.4 is 10.1 Å². The predicted molar refractivity (Wildman–Crippen MR) is 107 cm³/mol. The smallest absolute Gasteiger partial charge is 0.260 e. The maximum Gasteiger partial charge on any atom is 0.260 e. The lowest BCUT2D eigenvalue weighted by molar-refractivity contribution is -0.135. The van der Waals surface area contributed by atoms with Crippen molar-refractivity contribution in [3.8, 4) is 5.75 Å². The number of nitrogens with zero attached hydrogens (tertiary/aromatic N) is 2. The van der Waals surface area contributed by atoms with E-state index in [9.17, 15) is 9.59 Å². The second kappa shape index (κ2) is 10.9. The number of para-hydroxylation sites is 1. The van der Waals surface area contributed by atoms with Crippen LogP contribution in [0.15, 0.2) is 24.3 Å². The summed E-state index contributed by atoms with van der Waals surface area (Å²) in [6.07, 6.45) is 1.97. The molecule has 1 saturated heterocycles. The van der Waals surface area contributed by atoms with Crippen molar-refractivity contribution < 1.29 is 14.3 Å². The fourth-order valence-corrected chi connectivity index (χ4v) is 3.15. The van der Waals surface area contributed by atoms with E-state index in [1.54, 1.807) is 0 Å². The molecule has 0 spiro atoms. The van der Waals surface area contributed by atoms with Crippen LogP contribution in [0.5, 0.6) is 5.75 Å². The molecule has 1 unspecified atom stereocenters. The minimum atomic E-state index is 0.00374. The van der Waals surface area contributed by atoms with Crippen molar-refractivity contribution in [2.24, 2.45) is 0 Å². The number of rotatable bonds is 9. The van der Waals surface area contributed by atoms with Crippen LogP contribution >= 0.6 is 0 Å². The Balaban J connectivity index is 1.78. The zero-order valence-electron chi connectivity index (χ0n) is 16.9. The monoisotopic (exact) mass is 375 g/mol. The largest absolute Gasteiger partial charge is 0.483 e. The molecule has 0 aromatic heterocycles. The normalized spacial score (nSPS) is 16.0. The first-order valence-electron chi connectivity index (χ1n) is 10.0. The SMILES string of the molecule is CCCNC(=O)CN1CCN(C(=O)COc2ccccc2C(C)CC)CC1. The molecule has 2 amide bonds. The van der Waals surface area contributed by atoms with E-state index in [-0.39, 0.29) is 18.4 Å². The lowest BCUT2D eigenvalue weighted by Gasteiger charge is -2.34. The van der Waals surface area contributed by atoms with Crippen molar-refractivity contribution in [3.63, 3.8) is 0 Å². The summed E-state index contributed by atoms with van der Waals surface area (Å²) in [5.74, 6) is 1.26. The fraction of sp³-hybridized carbons (Fsp3) is 0.619. The molecule has 1 aliphatic rings. The lowest BCUT2D eigenvalue weighted by atomic mass is 9.98. The quantitative estimate of drug-likeness (QED) is 0.719. The first-order chi connectivity index (χ1) is 13.0. The van der Waals surface area contributed by atoms with E-state index in [0.717, 1.165) is 37.2 Å². The molecule has 0 bridgehead atoms. The highest BCUT2D eigenvalue weighted by molar-refractivity contribution is 5.79. The number of amides is 2. The standard InChI is InChI=1S/C21H33N3O3/c1-4-10-22-20(25)15-23-11-13-24(14-12-23)21(26)16-27-19-9-7-6-8-18(19)17(3)5-2/h6-9,17H,4-5,10-16H2,1-3H3,(H,22,25). The van der Waals surface area contributed by atoms with Gasteiger partial charge in [-0.15, -0.1) is 0 Å². The van der Waals surface area contributed by atoms with Crippen LogP contribution in [0.2, 0.25) is 0 Å². The Hall–Kier alpha value is -2.08. The van der Waals surface area contributed by atoms with E-state index in [2.05, 4.69) is 30.1 Å². The zero-order valence-corrected chi connectivity index (χ0v) is 16.9. The van der Waals surface area contributed by atoms with Gasteiger partial charge in [0.05, 0.1) is 6.54 Å². The van der Waals surface area contributed by atoms with Gasteiger partial charge in [-0.1, -0.05) is 39.0 Å². The van der Waals surface area contributed by atoms with E-state index < -0.39 is 0 Å². The van der Waals surface area contributed by atoms with Crippen LogP contribution in [0, 0.1) is 0 Å². The van der Waals surface area contributed by atoms with E-state index in [1.165, 1.54) is 0 Å². The molecule has 6 nitrogen and oxygen atoms in total. The van der Waals surface area contributed by atoms with E-state index in [1.807, 2.05) is 30.0 Å². The van der Waals surface area contributed by atoms with Crippen LogP contribution in [0.4, 0.5) is 0 Å². The van der Waals surface area contributed by atoms with Gasteiger partial charge in [0.2, 0.25) is 5.91 Å². The van der Waals surface area contributed by atoms with Gasteiger partial charge in [0, 0.05) is 32.7 Å². The van der Waals surface area contributed by atoms with Crippen molar-refractivity contribution in [1.82, 2.24) is 15.1 Å². The van der Waals surface area contributed by atoms with Crippen molar-refractivity contribution in [3.05, 3.63) is 29.8 Å². The molecule has 1 N–H and O–H groups in total. The second-order valence-corrected chi connectivity index (χ2v) is 7.14. The molecular weight excluding hydrogens is 342 g/mol. The molecule has 1 aromatic rings. The maximum absolute atomic E-state index is 12.5. The predicted octanol–water partition coefficient (Wildman–Crippen LogP) is 2.25. The molecule has 1 aliphatic heterocycles. The minimum Gasteiger partial charge on any atom is -0.483 e. The molecule has 1 atom stereocenters. The lowest BCUT2D eigenvalue weighted by Crippen LogP contribution is -2.52. The molecule has 0 aliphatic carbocycles. The number of nitrogens with one attached hydrogen (secondary N) is 1. The highest BCUT2D eigenvalue weighted by Gasteiger charge is 2.23. The first kappa shape index (κ1) is 21.2. The van der Waals surface area contributed by atoms with Gasteiger partial charge in [-0.25, -0.2) is 0 Å². The van der Waals surface area contributed by atoms with Crippen molar-refractivity contribution in [2.45, 2.75) is 39.5 Å². The Labute approximate surface area is 162 Å². The van der Waals surface area contributed by atoms with Crippen LogP contribution in [0.25, 0.3) is 0 Å². The summed E-state index contributed by atoms with van der Waals surface area (Å²) in [5, 5.41) is 2.89. The summed E-state index contributed by atoms with van der Waals surface area (Å²) in [4.78, 5) is 28.2. The summed E-state index contributed by atoms with van der Waals surface area (Å²) in [6.45, 7) is 10.2. The van der Waals surface area contributed by atoms with Gasteiger partial charge in [0.1, 0.15) is 5.75 Å². The molecule has 6 heteroatoms. The van der Waals surface area contributed by atoms with E-state index >= 15 is 0 Å². The van der Waals surface area contributed by atoms with Crippen molar-refractivity contribution in [2.75, 3.05) is 45.9 Å². The number of hydrogen-bond acceptors (Lipinski definition) is 4. The van der Waals surface area contributed by atoms with Crippen molar-refractivity contribution in [1.29, 1.82) is 0 Å². The molecule has 27 heavy (non-hydrogen) atoms. The summed E-state index contributed by atoms with van der Waals surface area (Å²) in [6, 6.07) is 7.94. The number of piperazine rings is 1. The average Bonchev–Trinajstić information content (AvgIpc) is 2.70. The van der Waals surface area contributed by atoms with Gasteiger partial charge in [-0.2, -0.15) is 0 Å². The Bertz CT molecular complexity index is 612. The van der Waals surface area contributed by atoms with Crippen LogP contribution in [-0.2, 0) is 9.59 Å². The average molecular weight is 376 g/mol. The van der Waals surface area contributed by atoms with Crippen LogP contribution in [-0.4, -0.2) is 67.5 Å². The molecule has 2 rings (SSSR count). The highest BCUT2D eigenvalue weighted by Crippen LogP contribution is 2.28. The molecular formula is C21H33N3O3. The third kappa shape index (κ3) is 6.54. The summed E-state index contributed by atoms with van der Waals surface area (Å²) < 4.78 is 5.84. The van der Waals surface area contributed by atoms with Gasteiger partial charge < -0.3 is 15.0 Å². The summed E-state index contributed by atoms with van der Waals surface area (Å²) in [7, 11) is 0. The van der Waals surface area contributed by atoms with Gasteiger partial charge in [0.25, 0.3) is 5.91 Å². The minimum absolute atomic E-state index is 0.00374. The molecule has 150 valence electrons. The van der Waals surface area contributed by atoms with Crippen molar-refractivity contribution >= 4 is 11.8 Å². The number of ether oxygens (including phenoxy) is 1. The topological polar surface area (TPSA) is 61.9 Å². The van der Waals surface area contributed by atoms with Gasteiger partial charge in [-0.3, -0.25) is 14.5 Å². The third-order valence-electron chi connectivity index (χ3n) is 5.08. The first-order valence-corrected chi connectivity index (χ1v) is 10.0. The Morgan fingerprint density at radius 2 is 1.85 bits per heavy atom. The highest BCUT2D eigenvalue weighted by atomic mass is 16.5. The Morgan fingerprint density at radius 3 is 2.52 bits per heavy atom. The number of carbonyl (C=O) groups is 2. The molecule has 0 saturated carbocycles. The van der Waals surface area contributed by atoms with Crippen LogP contribution in [0.1, 0.15) is 45.1 Å². The van der Waals surface area contributed by atoms with Gasteiger partial charge >= 0.3 is 0 Å². The summed E-state index contributed by atoms with van der Waals surface area (Å²) in [5.41, 5.74) is 1.15. The number of carbonyl (C=O) groups excluding carboxylic acids is 2. The number of hydrogen-bond donors (Lipinski definition) is 1. The molecule has 0 radical (unpaired) electrons. The summed E-state index contributed by atoms with van der Waals surface area (Å²) >= 11 is 0. The van der Waals surface area contributed by atoms with E-state index in [4.69, 9.17) is 4.74 Å². The van der Waals surface area contributed by atoms with Crippen LogP contribution in [0.3, 0.4) is 0 Å². The Kier molecular flexibility index (Phi) is 8.58. The van der Waals surface area contributed by atoms with E-state index in [0.29, 0.717) is 32.1 Å². The number of benzene rings is 1. The van der Waals surface area contributed by atoms with Gasteiger partial charge in [0.15, 0.2) is 6.61 Å². The molecule has 1 fully saturated rings. The fourth-order valence-electron chi connectivity index (χ4n) is 3.15. The maximum atomic E-state index is 12.5. The Morgan fingerprint density at radius 1 is 1.15 bits per heavy atom. The molecule has 1 heterocycles. The van der Waals surface area contributed by atoms with Gasteiger partial charge in [-0.05, 0) is 30.4 Å².